The molecule has 0 saturated heterocycles. The molecule has 0 spiro atoms. The molecule has 0 fully saturated rings. The predicted molar refractivity (Wildman–Crippen MR) is 211 cm³/mol. The van der Waals surface area contributed by atoms with E-state index in [0.29, 0.717) is 0 Å². The molecule has 0 atom stereocenters. The van der Waals surface area contributed by atoms with Gasteiger partial charge in [0.2, 0.25) is 0 Å². The van der Waals surface area contributed by atoms with E-state index >= 15 is 0 Å². The van der Waals surface area contributed by atoms with Gasteiger partial charge in [-0.05, 0) is 69.3 Å². The number of rotatable bonds is 6. The molecule has 1 aliphatic rings. The fraction of sp³-hybridized carbons (Fsp3) is 0.0204. The van der Waals surface area contributed by atoms with Gasteiger partial charge in [0.1, 0.15) is 5.58 Å². The number of furan rings is 1. The van der Waals surface area contributed by atoms with E-state index < -0.39 is 5.41 Å². The van der Waals surface area contributed by atoms with Gasteiger partial charge in [-0.3, -0.25) is 0 Å². The fourth-order valence-electron chi connectivity index (χ4n) is 8.42. The molecular formula is C49H33NO. The van der Waals surface area contributed by atoms with Crippen LogP contribution in [0.5, 0.6) is 0 Å². The molecule has 2 heteroatoms. The van der Waals surface area contributed by atoms with E-state index in [0.717, 1.165) is 50.1 Å². The van der Waals surface area contributed by atoms with Crippen molar-refractivity contribution >= 4 is 39.0 Å². The lowest BCUT2D eigenvalue weighted by atomic mass is 9.67. The van der Waals surface area contributed by atoms with Gasteiger partial charge in [-0.1, -0.05) is 170 Å². The summed E-state index contributed by atoms with van der Waals surface area (Å²) in [4.78, 5) is 2.32. The van der Waals surface area contributed by atoms with Gasteiger partial charge in [-0.15, -0.1) is 0 Å². The lowest BCUT2D eigenvalue weighted by Crippen LogP contribution is -2.28. The molecule has 0 aliphatic heterocycles. The smallest absolute Gasteiger partial charge is 0.159 e. The van der Waals surface area contributed by atoms with Crippen molar-refractivity contribution in [3.63, 3.8) is 0 Å². The lowest BCUT2D eigenvalue weighted by Gasteiger charge is -2.33. The van der Waals surface area contributed by atoms with Crippen LogP contribution in [-0.2, 0) is 5.41 Å². The lowest BCUT2D eigenvalue weighted by molar-refractivity contribution is 0.648. The quantitative estimate of drug-likeness (QED) is 0.178. The first kappa shape index (κ1) is 29.3. The van der Waals surface area contributed by atoms with Crippen molar-refractivity contribution in [2.24, 2.45) is 0 Å². The average molecular weight is 652 g/mol. The second kappa shape index (κ2) is 11.8. The van der Waals surface area contributed by atoms with E-state index in [4.69, 9.17) is 4.42 Å². The molecule has 1 aliphatic carbocycles. The predicted octanol–water partition coefficient (Wildman–Crippen LogP) is 13.1. The van der Waals surface area contributed by atoms with Crippen molar-refractivity contribution in [3.8, 4) is 22.3 Å². The monoisotopic (exact) mass is 651 g/mol. The van der Waals surface area contributed by atoms with Gasteiger partial charge < -0.3 is 9.32 Å². The van der Waals surface area contributed by atoms with Crippen LogP contribution in [-0.4, -0.2) is 0 Å². The van der Waals surface area contributed by atoms with Crippen molar-refractivity contribution in [2.45, 2.75) is 5.41 Å². The highest BCUT2D eigenvalue weighted by molar-refractivity contribution is 6.12. The Hall–Kier alpha value is -6.64. The highest BCUT2D eigenvalue weighted by atomic mass is 16.3. The third kappa shape index (κ3) is 4.43. The van der Waals surface area contributed by atoms with Crippen LogP contribution in [0.15, 0.2) is 205 Å². The molecule has 1 heterocycles. The molecule has 2 nitrogen and oxygen atoms in total. The van der Waals surface area contributed by atoms with Gasteiger partial charge >= 0.3 is 0 Å². The molecular weight excluding hydrogens is 619 g/mol. The van der Waals surface area contributed by atoms with E-state index in [2.05, 4.69) is 205 Å². The van der Waals surface area contributed by atoms with Crippen LogP contribution in [0.3, 0.4) is 0 Å². The van der Waals surface area contributed by atoms with Crippen molar-refractivity contribution in [2.75, 3.05) is 4.90 Å². The molecule has 10 rings (SSSR count). The number of hydrogen-bond donors (Lipinski definition) is 0. The number of para-hydroxylation sites is 3. The summed E-state index contributed by atoms with van der Waals surface area (Å²) in [6.07, 6.45) is 0. The molecule has 240 valence electrons. The molecule has 8 aromatic carbocycles. The Balaban J connectivity index is 1.26. The zero-order valence-electron chi connectivity index (χ0n) is 27.9. The first-order valence-corrected chi connectivity index (χ1v) is 17.5. The highest BCUT2D eigenvalue weighted by Crippen LogP contribution is 2.58. The van der Waals surface area contributed by atoms with Crippen LogP contribution >= 0.6 is 0 Å². The molecule has 0 saturated carbocycles. The standard InChI is InChI=1S/C49H33NO/c1-4-17-34(18-5-1)35-19-14-24-38(33-35)50(37-22-8-3-9-23-37)46-32-16-28-42-41-27-15-31-45(47(41)51-48(42)46)49(36-20-6-2-7-21-36)43-29-12-10-25-39(43)40-26-11-13-30-44(40)49/h1-33H. The summed E-state index contributed by atoms with van der Waals surface area (Å²) in [7, 11) is 0. The number of fused-ring (bicyclic) bond motifs is 6. The number of anilines is 3. The number of hydrogen-bond acceptors (Lipinski definition) is 2. The van der Waals surface area contributed by atoms with Crippen LogP contribution < -0.4 is 4.90 Å². The SMILES string of the molecule is c1ccc(-c2cccc(N(c3ccccc3)c3cccc4c3oc3c(C5(c6ccccc6)c6ccccc6-c6ccccc65)cccc34)c2)cc1. The molecule has 0 amide bonds. The Morgan fingerprint density at radius 3 is 1.59 bits per heavy atom. The zero-order valence-corrected chi connectivity index (χ0v) is 27.9. The molecule has 0 radical (unpaired) electrons. The highest BCUT2D eigenvalue weighted by Gasteiger charge is 2.47. The summed E-state index contributed by atoms with van der Waals surface area (Å²) in [5, 5.41) is 2.19. The summed E-state index contributed by atoms with van der Waals surface area (Å²) >= 11 is 0. The van der Waals surface area contributed by atoms with Crippen molar-refractivity contribution in [1.82, 2.24) is 0 Å². The number of benzene rings is 8. The summed E-state index contributed by atoms with van der Waals surface area (Å²) in [5.41, 5.74) is 14.1. The van der Waals surface area contributed by atoms with E-state index in [1.54, 1.807) is 0 Å². The minimum atomic E-state index is -0.564. The van der Waals surface area contributed by atoms with Crippen molar-refractivity contribution < 1.29 is 4.42 Å². The van der Waals surface area contributed by atoms with Gasteiger partial charge in [0, 0.05) is 27.7 Å². The van der Waals surface area contributed by atoms with Crippen molar-refractivity contribution in [1.29, 1.82) is 0 Å². The summed E-state index contributed by atoms with van der Waals surface area (Å²) < 4.78 is 7.30. The van der Waals surface area contributed by atoms with E-state index in [-0.39, 0.29) is 0 Å². The van der Waals surface area contributed by atoms with Crippen LogP contribution in [0.2, 0.25) is 0 Å². The second-order valence-corrected chi connectivity index (χ2v) is 13.2. The van der Waals surface area contributed by atoms with Gasteiger partial charge in [0.25, 0.3) is 0 Å². The van der Waals surface area contributed by atoms with Crippen LogP contribution in [0.4, 0.5) is 17.1 Å². The van der Waals surface area contributed by atoms with Crippen molar-refractivity contribution in [3.05, 3.63) is 222 Å². The van der Waals surface area contributed by atoms with Gasteiger partial charge in [-0.2, -0.15) is 0 Å². The van der Waals surface area contributed by atoms with Gasteiger partial charge in [0.15, 0.2) is 5.58 Å². The van der Waals surface area contributed by atoms with E-state index in [1.807, 2.05) is 0 Å². The average Bonchev–Trinajstić information content (AvgIpc) is 3.74. The summed E-state index contributed by atoms with van der Waals surface area (Å²) in [6.45, 7) is 0. The normalized spacial score (nSPS) is 12.9. The minimum Gasteiger partial charge on any atom is -0.453 e. The maximum atomic E-state index is 7.30. The Morgan fingerprint density at radius 1 is 0.373 bits per heavy atom. The summed E-state index contributed by atoms with van der Waals surface area (Å²) in [5.74, 6) is 0. The second-order valence-electron chi connectivity index (χ2n) is 13.2. The van der Waals surface area contributed by atoms with Gasteiger partial charge in [0.05, 0.1) is 11.1 Å². The Labute approximate surface area is 297 Å². The molecule has 1 aromatic heterocycles. The number of nitrogens with zero attached hydrogens (tertiary/aromatic N) is 1. The Bertz CT molecular complexity index is 2650. The maximum absolute atomic E-state index is 7.30. The summed E-state index contributed by atoms with van der Waals surface area (Å²) in [6, 6.07) is 71.8. The Morgan fingerprint density at radius 2 is 0.882 bits per heavy atom. The van der Waals surface area contributed by atoms with Gasteiger partial charge in [-0.25, -0.2) is 0 Å². The first-order valence-electron chi connectivity index (χ1n) is 17.5. The minimum absolute atomic E-state index is 0.564. The molecule has 0 unspecified atom stereocenters. The first-order chi connectivity index (χ1) is 25.3. The molecule has 51 heavy (non-hydrogen) atoms. The third-order valence-electron chi connectivity index (χ3n) is 10.5. The van der Waals surface area contributed by atoms with Crippen LogP contribution in [0.1, 0.15) is 22.3 Å². The fourth-order valence-corrected chi connectivity index (χ4v) is 8.42. The largest absolute Gasteiger partial charge is 0.453 e. The maximum Gasteiger partial charge on any atom is 0.159 e. The molecule has 0 N–H and O–H groups in total. The zero-order chi connectivity index (χ0) is 33.8. The third-order valence-corrected chi connectivity index (χ3v) is 10.5. The van der Waals surface area contributed by atoms with Crippen LogP contribution in [0, 0.1) is 0 Å². The Kier molecular flexibility index (Phi) is 6.75. The molecule has 0 bridgehead atoms. The molecule has 9 aromatic rings. The van der Waals surface area contributed by atoms with E-state index in [1.165, 1.54) is 33.4 Å². The van der Waals surface area contributed by atoms with E-state index in [9.17, 15) is 0 Å². The van der Waals surface area contributed by atoms with Crippen LogP contribution in [0.25, 0.3) is 44.2 Å². The topological polar surface area (TPSA) is 16.4 Å².